The minimum atomic E-state index is -0.584. The van der Waals surface area contributed by atoms with Crippen LogP contribution in [-0.2, 0) is 19.1 Å². The number of carbonyl (C=O) groups is 3. The first-order valence-electron chi connectivity index (χ1n) is 5.07. The lowest BCUT2D eigenvalue weighted by molar-refractivity contribution is -0.150. The number of carbonyl (C=O) groups excluding carboxylic acids is 3. The third-order valence-corrected chi connectivity index (χ3v) is 2.59. The van der Waals surface area contributed by atoms with Gasteiger partial charge in [-0.3, -0.25) is 9.59 Å². The van der Waals surface area contributed by atoms with Crippen LogP contribution in [0.5, 0.6) is 0 Å². The molecule has 0 aromatic carbocycles. The molecule has 0 aromatic rings. The zero-order chi connectivity index (χ0) is 12.3. The van der Waals surface area contributed by atoms with Crippen LogP contribution in [0.3, 0.4) is 0 Å². The van der Waals surface area contributed by atoms with E-state index in [0.717, 1.165) is 0 Å². The Balaban J connectivity index is 2.71. The van der Waals surface area contributed by atoms with Gasteiger partial charge < -0.3 is 15.0 Å². The number of amides is 2. The largest absolute Gasteiger partial charge is 0.467 e. The number of methoxy groups -OCH3 is 1. The summed E-state index contributed by atoms with van der Waals surface area (Å²) in [6.45, 7) is 3.16. The maximum Gasteiger partial charge on any atom is 0.328 e. The molecule has 1 heterocycles. The second-order valence-corrected chi connectivity index (χ2v) is 3.84. The van der Waals surface area contributed by atoms with Crippen LogP contribution in [0.15, 0.2) is 0 Å². The highest BCUT2D eigenvalue weighted by molar-refractivity contribution is 5.84. The normalized spacial score (nSPS) is 24.1. The summed E-state index contributed by atoms with van der Waals surface area (Å²) >= 11 is 0. The van der Waals surface area contributed by atoms with Crippen LogP contribution >= 0.6 is 0 Å². The highest BCUT2D eigenvalue weighted by atomic mass is 16.5. The van der Waals surface area contributed by atoms with E-state index in [9.17, 15) is 14.4 Å². The number of ether oxygens (including phenoxy) is 1. The van der Waals surface area contributed by atoms with Crippen molar-refractivity contribution in [1.82, 2.24) is 10.2 Å². The van der Waals surface area contributed by atoms with Crippen molar-refractivity contribution in [3.8, 4) is 0 Å². The van der Waals surface area contributed by atoms with Gasteiger partial charge in [0.05, 0.1) is 7.11 Å². The Kier molecular flexibility index (Phi) is 3.87. The molecule has 16 heavy (non-hydrogen) atoms. The first-order chi connectivity index (χ1) is 7.45. The van der Waals surface area contributed by atoms with Crippen LogP contribution < -0.4 is 5.32 Å². The lowest BCUT2D eigenvalue weighted by Crippen LogP contribution is -2.40. The van der Waals surface area contributed by atoms with Gasteiger partial charge in [0.15, 0.2) is 0 Å². The van der Waals surface area contributed by atoms with Crippen molar-refractivity contribution in [2.75, 3.05) is 13.7 Å². The zero-order valence-corrected chi connectivity index (χ0v) is 9.65. The van der Waals surface area contributed by atoms with Gasteiger partial charge in [-0.1, -0.05) is 0 Å². The second-order valence-electron chi connectivity index (χ2n) is 3.84. The van der Waals surface area contributed by atoms with Crippen LogP contribution in [0.25, 0.3) is 0 Å². The van der Waals surface area contributed by atoms with Gasteiger partial charge >= 0.3 is 5.97 Å². The number of nitrogens with one attached hydrogen (secondary N) is 1. The molecular weight excluding hydrogens is 212 g/mol. The number of likely N-dealkylation sites (tertiary alicyclic amines) is 1. The number of esters is 1. The van der Waals surface area contributed by atoms with E-state index in [0.29, 0.717) is 13.0 Å². The average Bonchev–Trinajstić information content (AvgIpc) is 2.59. The van der Waals surface area contributed by atoms with Crippen molar-refractivity contribution in [2.45, 2.75) is 32.4 Å². The average molecular weight is 228 g/mol. The summed E-state index contributed by atoms with van der Waals surface area (Å²) in [5, 5.41) is 2.69. The van der Waals surface area contributed by atoms with Gasteiger partial charge in [-0.05, 0) is 0 Å². The second kappa shape index (κ2) is 4.96. The molecule has 1 aliphatic heterocycles. The van der Waals surface area contributed by atoms with Gasteiger partial charge in [0, 0.05) is 32.9 Å². The molecule has 0 bridgehead atoms. The van der Waals surface area contributed by atoms with E-state index in [-0.39, 0.29) is 17.9 Å². The maximum atomic E-state index is 11.4. The van der Waals surface area contributed by atoms with Crippen molar-refractivity contribution in [3.05, 3.63) is 0 Å². The molecule has 1 aliphatic rings. The highest BCUT2D eigenvalue weighted by Crippen LogP contribution is 2.19. The fourth-order valence-corrected chi connectivity index (χ4v) is 1.94. The highest BCUT2D eigenvalue weighted by Gasteiger charge is 2.39. The van der Waals surface area contributed by atoms with Crippen molar-refractivity contribution in [3.63, 3.8) is 0 Å². The Morgan fingerprint density at radius 2 is 1.94 bits per heavy atom. The van der Waals surface area contributed by atoms with Crippen molar-refractivity contribution in [2.24, 2.45) is 0 Å². The van der Waals surface area contributed by atoms with Gasteiger partial charge in [0.25, 0.3) is 0 Å². The van der Waals surface area contributed by atoms with Gasteiger partial charge in [-0.2, -0.15) is 0 Å². The Morgan fingerprint density at radius 3 is 2.38 bits per heavy atom. The SMILES string of the molecule is COC(=O)[C@@H]1C[C@H](NC(C)=O)CN1C(C)=O. The molecule has 1 rings (SSSR count). The number of hydrogen-bond acceptors (Lipinski definition) is 4. The van der Waals surface area contributed by atoms with Crippen LogP contribution in [0.2, 0.25) is 0 Å². The lowest BCUT2D eigenvalue weighted by atomic mass is 10.1. The summed E-state index contributed by atoms with van der Waals surface area (Å²) < 4.78 is 4.62. The molecule has 6 nitrogen and oxygen atoms in total. The molecule has 0 aromatic heterocycles. The molecule has 0 aliphatic carbocycles. The summed E-state index contributed by atoms with van der Waals surface area (Å²) in [7, 11) is 1.28. The topological polar surface area (TPSA) is 75.7 Å². The number of nitrogens with zero attached hydrogens (tertiary/aromatic N) is 1. The Morgan fingerprint density at radius 1 is 1.31 bits per heavy atom. The Labute approximate surface area is 93.9 Å². The minimum absolute atomic E-state index is 0.168. The van der Waals surface area contributed by atoms with Crippen molar-refractivity contribution in [1.29, 1.82) is 0 Å². The van der Waals surface area contributed by atoms with E-state index in [2.05, 4.69) is 10.1 Å². The van der Waals surface area contributed by atoms with Crippen LogP contribution in [0.4, 0.5) is 0 Å². The van der Waals surface area contributed by atoms with E-state index in [1.165, 1.54) is 25.9 Å². The standard InChI is InChI=1S/C10H16N2O4/c1-6(13)11-8-4-9(10(15)16-3)12(5-8)7(2)14/h8-9H,4-5H2,1-3H3,(H,11,13)/t8-,9-/m0/s1. The first-order valence-corrected chi connectivity index (χ1v) is 5.07. The van der Waals surface area contributed by atoms with E-state index in [1.54, 1.807) is 0 Å². The number of hydrogen-bond donors (Lipinski definition) is 1. The first kappa shape index (κ1) is 12.5. The molecule has 6 heteroatoms. The lowest BCUT2D eigenvalue weighted by Gasteiger charge is -2.20. The van der Waals surface area contributed by atoms with Crippen LogP contribution in [-0.4, -0.2) is 48.4 Å². The van der Waals surface area contributed by atoms with Crippen LogP contribution in [0.1, 0.15) is 20.3 Å². The van der Waals surface area contributed by atoms with Gasteiger partial charge in [-0.25, -0.2) is 4.79 Å². The van der Waals surface area contributed by atoms with E-state index < -0.39 is 12.0 Å². The molecule has 90 valence electrons. The monoisotopic (exact) mass is 228 g/mol. The third-order valence-electron chi connectivity index (χ3n) is 2.59. The molecule has 0 radical (unpaired) electrons. The molecule has 0 spiro atoms. The molecule has 1 fully saturated rings. The van der Waals surface area contributed by atoms with Gasteiger partial charge in [0.2, 0.25) is 11.8 Å². The van der Waals surface area contributed by atoms with Gasteiger partial charge in [-0.15, -0.1) is 0 Å². The molecule has 1 N–H and O–H groups in total. The summed E-state index contributed by atoms with van der Waals surface area (Å²) in [6, 6.07) is -0.759. The summed E-state index contributed by atoms with van der Waals surface area (Å²) in [4.78, 5) is 35.1. The molecule has 2 amide bonds. The number of rotatable bonds is 2. The summed E-state index contributed by atoms with van der Waals surface area (Å²) in [5.74, 6) is -0.801. The summed E-state index contributed by atoms with van der Waals surface area (Å²) in [6.07, 6.45) is 0.409. The molecule has 0 saturated carbocycles. The summed E-state index contributed by atoms with van der Waals surface area (Å²) in [5.41, 5.74) is 0. The molecular formula is C10H16N2O4. The zero-order valence-electron chi connectivity index (χ0n) is 9.65. The van der Waals surface area contributed by atoms with E-state index in [1.807, 2.05) is 0 Å². The predicted molar refractivity (Wildman–Crippen MR) is 55.4 cm³/mol. The Bertz CT molecular complexity index is 316. The molecule has 1 saturated heterocycles. The van der Waals surface area contributed by atoms with E-state index in [4.69, 9.17) is 0 Å². The van der Waals surface area contributed by atoms with Crippen LogP contribution in [0, 0.1) is 0 Å². The van der Waals surface area contributed by atoms with E-state index >= 15 is 0 Å². The fourth-order valence-electron chi connectivity index (χ4n) is 1.94. The fraction of sp³-hybridized carbons (Fsp3) is 0.700. The predicted octanol–water partition coefficient (Wildman–Crippen LogP) is -0.715. The smallest absolute Gasteiger partial charge is 0.328 e. The molecule has 2 atom stereocenters. The quantitative estimate of drug-likeness (QED) is 0.633. The third kappa shape index (κ3) is 2.71. The van der Waals surface area contributed by atoms with Gasteiger partial charge in [0.1, 0.15) is 6.04 Å². The van der Waals surface area contributed by atoms with Crippen molar-refractivity contribution >= 4 is 17.8 Å². The van der Waals surface area contributed by atoms with Crippen molar-refractivity contribution < 1.29 is 19.1 Å². The minimum Gasteiger partial charge on any atom is -0.467 e. The Hall–Kier alpha value is -1.59. The molecule has 0 unspecified atom stereocenters. The maximum absolute atomic E-state index is 11.4.